The first-order valence-electron chi connectivity index (χ1n) is 8.13. The number of likely N-dealkylation sites (tertiary alicyclic amines) is 1. The fourth-order valence-corrected chi connectivity index (χ4v) is 3.06. The highest BCUT2D eigenvalue weighted by Crippen LogP contribution is 2.31. The Morgan fingerprint density at radius 2 is 2.09 bits per heavy atom. The van der Waals surface area contributed by atoms with Crippen LogP contribution in [-0.2, 0) is 11.3 Å². The van der Waals surface area contributed by atoms with E-state index in [1.807, 2.05) is 54.5 Å². The summed E-state index contributed by atoms with van der Waals surface area (Å²) in [6.07, 6.45) is 6.58. The van der Waals surface area contributed by atoms with Gasteiger partial charge in [-0.15, -0.1) is 0 Å². The van der Waals surface area contributed by atoms with E-state index in [0.717, 1.165) is 42.5 Å². The summed E-state index contributed by atoms with van der Waals surface area (Å²) in [7, 11) is 0. The minimum Gasteiger partial charge on any atom is -0.445 e. The van der Waals surface area contributed by atoms with Gasteiger partial charge in [0.15, 0.2) is 0 Å². The quantitative estimate of drug-likeness (QED) is 0.851. The van der Waals surface area contributed by atoms with Gasteiger partial charge >= 0.3 is 6.09 Å². The number of piperidine rings is 1. The molecule has 0 bridgehead atoms. The van der Waals surface area contributed by atoms with Gasteiger partial charge in [0.25, 0.3) is 0 Å². The largest absolute Gasteiger partial charge is 0.445 e. The lowest BCUT2D eigenvalue weighted by Crippen LogP contribution is -2.38. The number of benzene rings is 1. The molecule has 1 saturated heterocycles. The zero-order valence-electron chi connectivity index (χ0n) is 13.4. The van der Waals surface area contributed by atoms with E-state index in [1.54, 1.807) is 0 Å². The van der Waals surface area contributed by atoms with Gasteiger partial charge in [0.05, 0.1) is 6.04 Å². The molecule has 0 radical (unpaired) electrons. The maximum atomic E-state index is 12.5. The molecule has 2 aromatic rings. The summed E-state index contributed by atoms with van der Waals surface area (Å²) >= 11 is 0. The Morgan fingerprint density at radius 3 is 2.87 bits per heavy atom. The van der Waals surface area contributed by atoms with Gasteiger partial charge in [0.1, 0.15) is 6.61 Å². The average Bonchev–Trinajstić information content (AvgIpc) is 2.60. The molecule has 0 aliphatic carbocycles. The van der Waals surface area contributed by atoms with Crippen LogP contribution in [0.3, 0.4) is 0 Å². The Balaban J connectivity index is 1.69. The number of nitrogens with zero attached hydrogens (tertiary/aromatic N) is 2. The van der Waals surface area contributed by atoms with Crippen molar-refractivity contribution in [3.63, 3.8) is 0 Å². The summed E-state index contributed by atoms with van der Waals surface area (Å²) in [4.78, 5) is 18.6. The SMILES string of the molecule is Cc1cncc([C@@H]2CCCCN2C(=O)OCc2ccccc2)c1. The number of ether oxygens (including phenoxy) is 1. The summed E-state index contributed by atoms with van der Waals surface area (Å²) < 4.78 is 5.52. The molecule has 1 amide bonds. The standard InChI is InChI=1S/C19H22N2O2/c1-15-11-17(13-20-12-15)18-9-5-6-10-21(18)19(22)23-14-16-7-3-2-4-8-16/h2-4,7-8,11-13,18H,5-6,9-10,14H2,1H3/t18-/m0/s1. The predicted octanol–water partition coefficient (Wildman–Crippen LogP) is 4.25. The van der Waals surface area contributed by atoms with Crippen molar-refractivity contribution in [1.29, 1.82) is 0 Å². The Hall–Kier alpha value is -2.36. The molecule has 1 aliphatic heterocycles. The normalized spacial score (nSPS) is 17.8. The summed E-state index contributed by atoms with van der Waals surface area (Å²) in [5.74, 6) is 0. The highest BCUT2D eigenvalue weighted by Gasteiger charge is 2.29. The summed E-state index contributed by atoms with van der Waals surface area (Å²) in [5.41, 5.74) is 3.22. The van der Waals surface area contributed by atoms with Crippen LogP contribution in [0.25, 0.3) is 0 Å². The molecule has 23 heavy (non-hydrogen) atoms. The Kier molecular flexibility index (Phi) is 4.91. The van der Waals surface area contributed by atoms with Gasteiger partial charge in [-0.05, 0) is 42.9 Å². The number of rotatable bonds is 3. The first kappa shape index (κ1) is 15.5. The highest BCUT2D eigenvalue weighted by molar-refractivity contribution is 5.68. The first-order valence-corrected chi connectivity index (χ1v) is 8.13. The fraction of sp³-hybridized carbons (Fsp3) is 0.368. The lowest BCUT2D eigenvalue weighted by Gasteiger charge is -2.35. The second-order valence-corrected chi connectivity index (χ2v) is 6.04. The van der Waals surface area contributed by atoms with E-state index in [9.17, 15) is 4.79 Å². The van der Waals surface area contributed by atoms with Crippen molar-refractivity contribution >= 4 is 6.09 Å². The van der Waals surface area contributed by atoms with Crippen LogP contribution in [-0.4, -0.2) is 22.5 Å². The molecule has 1 aromatic heterocycles. The molecule has 1 aliphatic rings. The second kappa shape index (κ2) is 7.27. The third-order valence-corrected chi connectivity index (χ3v) is 4.22. The van der Waals surface area contributed by atoms with Crippen molar-refractivity contribution in [2.45, 2.75) is 38.8 Å². The van der Waals surface area contributed by atoms with Gasteiger partial charge in [-0.25, -0.2) is 4.79 Å². The molecule has 3 rings (SSSR count). The van der Waals surface area contributed by atoms with Crippen molar-refractivity contribution in [3.8, 4) is 0 Å². The van der Waals surface area contributed by atoms with Crippen molar-refractivity contribution in [3.05, 3.63) is 65.5 Å². The van der Waals surface area contributed by atoms with Crippen LogP contribution in [0.5, 0.6) is 0 Å². The Bertz CT molecular complexity index is 657. The second-order valence-electron chi connectivity index (χ2n) is 6.04. The third-order valence-electron chi connectivity index (χ3n) is 4.22. The predicted molar refractivity (Wildman–Crippen MR) is 88.9 cm³/mol. The Labute approximate surface area is 137 Å². The monoisotopic (exact) mass is 310 g/mol. The van der Waals surface area contributed by atoms with Crippen LogP contribution < -0.4 is 0 Å². The molecule has 120 valence electrons. The summed E-state index contributed by atoms with van der Waals surface area (Å²) in [6.45, 7) is 3.08. The number of hydrogen-bond acceptors (Lipinski definition) is 3. The van der Waals surface area contributed by atoms with Crippen LogP contribution in [0, 0.1) is 6.92 Å². The van der Waals surface area contributed by atoms with Crippen molar-refractivity contribution in [2.75, 3.05) is 6.54 Å². The molecular weight excluding hydrogens is 288 g/mol. The van der Waals surface area contributed by atoms with E-state index in [0.29, 0.717) is 6.61 Å². The van der Waals surface area contributed by atoms with E-state index in [-0.39, 0.29) is 12.1 Å². The van der Waals surface area contributed by atoms with Crippen LogP contribution in [0.1, 0.15) is 42.0 Å². The molecule has 1 atom stereocenters. The lowest BCUT2D eigenvalue weighted by molar-refractivity contribution is 0.0678. The molecule has 4 heteroatoms. The smallest absolute Gasteiger partial charge is 0.410 e. The fourth-order valence-electron chi connectivity index (χ4n) is 3.06. The number of pyridine rings is 1. The maximum absolute atomic E-state index is 12.5. The van der Waals surface area contributed by atoms with Crippen LogP contribution >= 0.6 is 0 Å². The molecule has 0 spiro atoms. The maximum Gasteiger partial charge on any atom is 0.410 e. The van der Waals surface area contributed by atoms with Crippen LogP contribution in [0.4, 0.5) is 4.79 Å². The first-order chi connectivity index (χ1) is 11.2. The van der Waals surface area contributed by atoms with Crippen molar-refractivity contribution < 1.29 is 9.53 Å². The molecular formula is C19H22N2O2. The van der Waals surface area contributed by atoms with Gasteiger partial charge in [0, 0.05) is 18.9 Å². The lowest BCUT2D eigenvalue weighted by atomic mass is 9.96. The summed E-state index contributed by atoms with van der Waals surface area (Å²) in [6, 6.07) is 12.0. The van der Waals surface area contributed by atoms with Gasteiger partial charge in [-0.3, -0.25) is 4.98 Å². The van der Waals surface area contributed by atoms with Gasteiger partial charge < -0.3 is 9.64 Å². The van der Waals surface area contributed by atoms with E-state index in [1.165, 1.54) is 0 Å². The van der Waals surface area contributed by atoms with E-state index in [2.05, 4.69) is 11.1 Å². The van der Waals surface area contributed by atoms with Crippen LogP contribution in [0.2, 0.25) is 0 Å². The van der Waals surface area contributed by atoms with Crippen molar-refractivity contribution in [2.24, 2.45) is 0 Å². The molecule has 2 heterocycles. The zero-order chi connectivity index (χ0) is 16.1. The van der Waals surface area contributed by atoms with Gasteiger partial charge in [-0.2, -0.15) is 0 Å². The number of carbonyl (C=O) groups is 1. The molecule has 1 aromatic carbocycles. The molecule has 0 unspecified atom stereocenters. The van der Waals surface area contributed by atoms with Gasteiger partial charge in [-0.1, -0.05) is 36.4 Å². The molecule has 4 nitrogen and oxygen atoms in total. The number of amides is 1. The Morgan fingerprint density at radius 1 is 1.26 bits per heavy atom. The van der Waals surface area contributed by atoms with E-state index < -0.39 is 0 Å². The topological polar surface area (TPSA) is 42.4 Å². The van der Waals surface area contributed by atoms with Crippen LogP contribution in [0.15, 0.2) is 48.8 Å². The van der Waals surface area contributed by atoms with E-state index in [4.69, 9.17) is 4.74 Å². The number of carbonyl (C=O) groups excluding carboxylic acids is 1. The average molecular weight is 310 g/mol. The molecule has 0 N–H and O–H groups in total. The molecule has 0 saturated carbocycles. The molecule has 1 fully saturated rings. The third kappa shape index (κ3) is 3.89. The highest BCUT2D eigenvalue weighted by atomic mass is 16.6. The number of hydrogen-bond donors (Lipinski definition) is 0. The summed E-state index contributed by atoms with van der Waals surface area (Å²) in [5, 5.41) is 0. The zero-order valence-corrected chi connectivity index (χ0v) is 13.4. The minimum absolute atomic E-state index is 0.0689. The number of aryl methyl sites for hydroxylation is 1. The minimum atomic E-state index is -0.236. The van der Waals surface area contributed by atoms with Gasteiger partial charge in [0.2, 0.25) is 0 Å². The van der Waals surface area contributed by atoms with Crippen molar-refractivity contribution in [1.82, 2.24) is 9.88 Å². The number of aromatic nitrogens is 1. The van der Waals surface area contributed by atoms with E-state index >= 15 is 0 Å².